The fourth-order valence-corrected chi connectivity index (χ4v) is 5.04. The van der Waals surface area contributed by atoms with E-state index >= 15 is 0 Å². The number of fused-ring (bicyclic) bond motifs is 1. The van der Waals surface area contributed by atoms with Crippen LogP contribution in [0, 0.1) is 0 Å². The molecule has 3 N–H and O–H groups in total. The van der Waals surface area contributed by atoms with E-state index in [1.807, 2.05) is 0 Å². The quantitative estimate of drug-likeness (QED) is 0.873. The average Bonchev–Trinajstić information content (AvgIpc) is 3.05. The Morgan fingerprint density at radius 2 is 2.24 bits per heavy atom. The van der Waals surface area contributed by atoms with Gasteiger partial charge in [-0.2, -0.15) is 16.7 Å². The van der Waals surface area contributed by atoms with E-state index in [1.165, 1.54) is 29.9 Å². The van der Waals surface area contributed by atoms with Crippen LogP contribution in [0.1, 0.15) is 38.0 Å². The molecule has 0 amide bonds. The van der Waals surface area contributed by atoms with Gasteiger partial charge in [-0.1, -0.05) is 13.8 Å². The highest BCUT2D eigenvalue weighted by Crippen LogP contribution is 2.34. The van der Waals surface area contributed by atoms with Gasteiger partial charge in [0.1, 0.15) is 10.6 Å². The van der Waals surface area contributed by atoms with Crippen molar-refractivity contribution < 1.29 is 0 Å². The summed E-state index contributed by atoms with van der Waals surface area (Å²) in [7, 11) is 0. The van der Waals surface area contributed by atoms with Crippen LogP contribution in [0.4, 0.5) is 11.8 Å². The van der Waals surface area contributed by atoms with Crippen LogP contribution in [0.25, 0.3) is 10.2 Å². The molecule has 6 heteroatoms. The van der Waals surface area contributed by atoms with Crippen LogP contribution in [0.2, 0.25) is 0 Å². The van der Waals surface area contributed by atoms with Gasteiger partial charge in [-0.05, 0) is 37.5 Å². The normalized spacial score (nSPS) is 22.0. The number of nitrogen functional groups attached to an aromatic ring is 1. The molecule has 0 saturated heterocycles. The van der Waals surface area contributed by atoms with Crippen molar-refractivity contribution in [2.45, 2.75) is 50.8 Å². The highest BCUT2D eigenvalue weighted by molar-refractivity contribution is 7.99. The number of aromatic nitrogens is 2. The fourth-order valence-electron chi connectivity index (χ4n) is 2.92. The molecule has 2 unspecified atom stereocenters. The van der Waals surface area contributed by atoms with Gasteiger partial charge in [0, 0.05) is 16.2 Å². The molecule has 0 bridgehead atoms. The molecular weight excluding hydrogens is 300 g/mol. The van der Waals surface area contributed by atoms with Gasteiger partial charge in [0.15, 0.2) is 0 Å². The van der Waals surface area contributed by atoms with E-state index in [0.29, 0.717) is 12.0 Å². The highest BCUT2D eigenvalue weighted by Gasteiger charge is 2.25. The number of nitrogens with two attached hydrogens (primary N) is 1. The first-order chi connectivity index (χ1) is 10.2. The third-order valence-electron chi connectivity index (χ3n) is 3.94. The second-order valence-corrected chi connectivity index (χ2v) is 8.14. The van der Waals surface area contributed by atoms with E-state index in [-0.39, 0.29) is 0 Å². The molecule has 21 heavy (non-hydrogen) atoms. The van der Waals surface area contributed by atoms with Crippen molar-refractivity contribution in [2.24, 2.45) is 0 Å². The zero-order chi connectivity index (χ0) is 14.8. The molecule has 2 heterocycles. The van der Waals surface area contributed by atoms with Gasteiger partial charge in [-0.15, -0.1) is 11.3 Å². The van der Waals surface area contributed by atoms with Crippen LogP contribution >= 0.6 is 23.1 Å². The maximum absolute atomic E-state index is 5.86. The first kappa shape index (κ1) is 14.9. The van der Waals surface area contributed by atoms with Crippen LogP contribution in [-0.2, 0) is 6.42 Å². The van der Waals surface area contributed by atoms with Gasteiger partial charge in [0.2, 0.25) is 5.95 Å². The van der Waals surface area contributed by atoms with E-state index < -0.39 is 0 Å². The van der Waals surface area contributed by atoms with Gasteiger partial charge >= 0.3 is 0 Å². The van der Waals surface area contributed by atoms with Crippen LogP contribution in [0.5, 0.6) is 0 Å². The van der Waals surface area contributed by atoms with Gasteiger partial charge in [0.05, 0.1) is 5.39 Å². The molecule has 2 atom stereocenters. The Labute approximate surface area is 133 Å². The summed E-state index contributed by atoms with van der Waals surface area (Å²) in [4.78, 5) is 11.1. The zero-order valence-corrected chi connectivity index (χ0v) is 14.2. The number of hydrogen-bond donors (Lipinski definition) is 2. The summed E-state index contributed by atoms with van der Waals surface area (Å²) in [5.41, 5.74) is 5.86. The molecule has 2 aromatic heterocycles. The van der Waals surface area contributed by atoms with Crippen molar-refractivity contribution in [3.8, 4) is 0 Å². The molecule has 1 fully saturated rings. The summed E-state index contributed by atoms with van der Waals surface area (Å²) in [6, 6.07) is 2.71. The lowest BCUT2D eigenvalue weighted by Crippen LogP contribution is -2.17. The lowest BCUT2D eigenvalue weighted by atomic mass is 10.2. The first-order valence-corrected chi connectivity index (χ1v) is 9.50. The minimum atomic E-state index is 0.368. The zero-order valence-electron chi connectivity index (χ0n) is 12.6. The topological polar surface area (TPSA) is 63.8 Å². The molecule has 114 valence electrons. The lowest BCUT2D eigenvalue weighted by Gasteiger charge is -2.14. The van der Waals surface area contributed by atoms with E-state index in [0.717, 1.165) is 27.7 Å². The van der Waals surface area contributed by atoms with Crippen LogP contribution < -0.4 is 11.1 Å². The summed E-state index contributed by atoms with van der Waals surface area (Å²) in [5.74, 6) is 2.49. The third kappa shape index (κ3) is 3.26. The Kier molecular flexibility index (Phi) is 4.54. The van der Waals surface area contributed by atoms with Crippen molar-refractivity contribution in [3.63, 3.8) is 0 Å². The third-order valence-corrected chi connectivity index (χ3v) is 6.34. The minimum Gasteiger partial charge on any atom is -0.368 e. The molecule has 0 aromatic carbocycles. The van der Waals surface area contributed by atoms with Crippen molar-refractivity contribution in [3.05, 3.63) is 10.9 Å². The number of rotatable bonds is 5. The summed E-state index contributed by atoms with van der Waals surface area (Å²) in [5, 5.41) is 5.52. The van der Waals surface area contributed by atoms with E-state index in [1.54, 1.807) is 11.3 Å². The second kappa shape index (κ2) is 6.40. The van der Waals surface area contributed by atoms with Crippen LogP contribution in [0.3, 0.4) is 0 Å². The Morgan fingerprint density at radius 1 is 1.38 bits per heavy atom. The van der Waals surface area contributed by atoms with Gasteiger partial charge in [0.25, 0.3) is 0 Å². The second-order valence-electron chi connectivity index (χ2n) is 5.45. The maximum Gasteiger partial charge on any atom is 0.223 e. The van der Waals surface area contributed by atoms with Gasteiger partial charge in [-0.25, -0.2) is 4.98 Å². The van der Waals surface area contributed by atoms with Crippen molar-refractivity contribution >= 4 is 45.1 Å². The molecule has 1 aliphatic carbocycles. The monoisotopic (exact) mass is 322 g/mol. The van der Waals surface area contributed by atoms with Gasteiger partial charge in [-0.3, -0.25) is 0 Å². The first-order valence-electron chi connectivity index (χ1n) is 7.63. The summed E-state index contributed by atoms with van der Waals surface area (Å²) in [6.45, 7) is 4.40. The Morgan fingerprint density at radius 3 is 3.00 bits per heavy atom. The number of thiophene rings is 1. The van der Waals surface area contributed by atoms with Crippen LogP contribution in [0.15, 0.2) is 6.07 Å². The van der Waals surface area contributed by atoms with Crippen molar-refractivity contribution in [1.29, 1.82) is 0 Å². The number of hydrogen-bond acceptors (Lipinski definition) is 6. The molecule has 0 aliphatic heterocycles. The molecule has 1 saturated carbocycles. The average molecular weight is 323 g/mol. The largest absolute Gasteiger partial charge is 0.368 e. The van der Waals surface area contributed by atoms with Crippen molar-refractivity contribution in [2.75, 3.05) is 16.8 Å². The number of nitrogens with zero attached hydrogens (tertiary/aromatic N) is 2. The summed E-state index contributed by atoms with van der Waals surface area (Å²) < 4.78 is 0. The summed E-state index contributed by atoms with van der Waals surface area (Å²) >= 11 is 3.79. The molecule has 4 nitrogen and oxygen atoms in total. The number of anilines is 2. The van der Waals surface area contributed by atoms with Gasteiger partial charge < -0.3 is 11.1 Å². The fraction of sp³-hybridized carbons (Fsp3) is 0.600. The smallest absolute Gasteiger partial charge is 0.223 e. The summed E-state index contributed by atoms with van der Waals surface area (Å²) in [6.07, 6.45) is 4.76. The number of aryl methyl sites for hydroxylation is 1. The van der Waals surface area contributed by atoms with E-state index in [4.69, 9.17) is 5.73 Å². The SMILES string of the molecule is CCSC1CCC(Nc2nc(N)nc3sc(CC)cc23)C1. The molecular formula is C15H22N4S2. The number of nitrogens with one attached hydrogen (secondary N) is 1. The van der Waals surface area contributed by atoms with E-state index in [2.05, 4.69) is 47.0 Å². The van der Waals surface area contributed by atoms with Crippen molar-refractivity contribution in [1.82, 2.24) is 9.97 Å². The maximum atomic E-state index is 5.86. The lowest BCUT2D eigenvalue weighted by molar-refractivity contribution is 0.753. The minimum absolute atomic E-state index is 0.368. The molecule has 0 spiro atoms. The molecule has 0 radical (unpaired) electrons. The standard InChI is InChI=1S/C15H22N4S2/c1-3-10-8-12-13(18-15(16)19-14(12)21-10)17-9-5-6-11(7-9)20-4-2/h8-9,11H,3-7H2,1-2H3,(H3,16,17,18,19). The van der Waals surface area contributed by atoms with Crippen LogP contribution in [-0.4, -0.2) is 27.0 Å². The molecule has 1 aliphatic rings. The Balaban J connectivity index is 1.81. The molecule has 2 aromatic rings. The predicted octanol–water partition coefficient (Wildman–Crippen LogP) is 3.92. The highest BCUT2D eigenvalue weighted by atomic mass is 32.2. The predicted molar refractivity (Wildman–Crippen MR) is 94.4 cm³/mol. The molecule has 3 rings (SSSR count). The Hall–Kier alpha value is -1.01. The Bertz CT molecular complexity index is 625. The number of thioether (sulfide) groups is 1. The van der Waals surface area contributed by atoms with E-state index in [9.17, 15) is 0 Å².